The molecule has 25 heavy (non-hydrogen) atoms. The molecular weight excluding hydrogens is 323 g/mol. The molecule has 6 heteroatoms. The second-order valence-corrected chi connectivity index (χ2v) is 5.19. The molecule has 0 unspecified atom stereocenters. The molecule has 0 aliphatic carbocycles. The van der Waals surface area contributed by atoms with Gasteiger partial charge in [0.2, 0.25) is 0 Å². The molecule has 2 rings (SSSR count). The molecule has 2 aromatic rings. The van der Waals surface area contributed by atoms with Gasteiger partial charge in [0.15, 0.2) is 0 Å². The zero-order valence-corrected chi connectivity index (χ0v) is 14.1. The Morgan fingerprint density at radius 3 is 2.56 bits per heavy atom. The first-order valence-corrected chi connectivity index (χ1v) is 7.53. The van der Waals surface area contributed by atoms with Crippen LogP contribution in [0.15, 0.2) is 42.5 Å². The van der Waals surface area contributed by atoms with Crippen molar-refractivity contribution in [2.24, 2.45) is 0 Å². The van der Waals surface area contributed by atoms with Gasteiger partial charge in [0.25, 0.3) is 0 Å². The Hall–Kier alpha value is -3.20. The summed E-state index contributed by atoms with van der Waals surface area (Å²) in [5.74, 6) is 2.80. The van der Waals surface area contributed by atoms with Crippen LogP contribution in [0.4, 0.5) is 20.6 Å². The number of rotatable bonds is 6. The highest BCUT2D eigenvalue weighted by molar-refractivity contribution is 5.87. The van der Waals surface area contributed by atoms with E-state index in [0.717, 1.165) is 11.3 Å². The lowest BCUT2D eigenvalue weighted by molar-refractivity contribution is 0.187. The van der Waals surface area contributed by atoms with Crippen molar-refractivity contribution < 1.29 is 18.7 Å². The number of methoxy groups -OCH3 is 2. The fourth-order valence-corrected chi connectivity index (χ4v) is 2.30. The first kappa shape index (κ1) is 18.1. The van der Waals surface area contributed by atoms with E-state index in [4.69, 9.17) is 11.2 Å². The van der Waals surface area contributed by atoms with Crippen molar-refractivity contribution in [3.63, 3.8) is 0 Å². The Kier molecular flexibility index (Phi) is 6.24. The van der Waals surface area contributed by atoms with Gasteiger partial charge in [-0.25, -0.2) is 9.18 Å². The fraction of sp³-hybridized carbons (Fsp3) is 0.211. The minimum Gasteiger partial charge on any atom is -0.494 e. The first-order valence-electron chi connectivity index (χ1n) is 7.53. The number of benzene rings is 2. The van der Waals surface area contributed by atoms with Crippen LogP contribution in [0, 0.1) is 18.2 Å². The van der Waals surface area contributed by atoms with Gasteiger partial charge >= 0.3 is 6.09 Å². The highest BCUT2D eigenvalue weighted by Gasteiger charge is 2.12. The summed E-state index contributed by atoms with van der Waals surface area (Å²) in [5, 5.41) is 2.58. The molecule has 0 heterocycles. The lowest BCUT2D eigenvalue weighted by Gasteiger charge is -2.24. The van der Waals surface area contributed by atoms with Gasteiger partial charge in [0.05, 0.1) is 26.5 Å². The number of hydrogen-bond donors (Lipinski definition) is 1. The molecule has 130 valence electrons. The highest BCUT2D eigenvalue weighted by atomic mass is 19.1. The van der Waals surface area contributed by atoms with Crippen LogP contribution < -0.4 is 15.0 Å². The second-order valence-electron chi connectivity index (χ2n) is 5.19. The van der Waals surface area contributed by atoms with Crippen molar-refractivity contribution in [3.05, 3.63) is 53.8 Å². The van der Waals surface area contributed by atoms with Crippen LogP contribution in [0.3, 0.4) is 0 Å². The molecule has 0 spiro atoms. The van der Waals surface area contributed by atoms with E-state index in [2.05, 4.69) is 16.0 Å². The molecule has 0 bridgehead atoms. The van der Waals surface area contributed by atoms with E-state index in [1.54, 1.807) is 24.3 Å². The van der Waals surface area contributed by atoms with Crippen LogP contribution in [-0.4, -0.2) is 26.9 Å². The smallest absolute Gasteiger partial charge is 0.411 e. The van der Waals surface area contributed by atoms with E-state index in [1.165, 1.54) is 26.4 Å². The molecular formula is C19H19FN2O3. The van der Waals surface area contributed by atoms with Crippen LogP contribution in [0.5, 0.6) is 5.75 Å². The molecule has 0 fully saturated rings. The monoisotopic (exact) mass is 342 g/mol. The minimum atomic E-state index is -0.585. The van der Waals surface area contributed by atoms with E-state index < -0.39 is 6.09 Å². The molecule has 0 aliphatic heterocycles. The summed E-state index contributed by atoms with van der Waals surface area (Å²) in [6.07, 6.45) is 4.89. The number of nitrogens with one attached hydrogen (secondary N) is 1. The Labute approximate surface area is 146 Å². The van der Waals surface area contributed by atoms with E-state index in [-0.39, 0.29) is 5.82 Å². The predicted molar refractivity (Wildman–Crippen MR) is 95.3 cm³/mol. The molecule has 0 radical (unpaired) electrons. The summed E-state index contributed by atoms with van der Waals surface area (Å²) in [6, 6.07) is 11.5. The minimum absolute atomic E-state index is 0.285. The number of amides is 1. The van der Waals surface area contributed by atoms with Crippen molar-refractivity contribution >= 4 is 17.5 Å². The SMILES string of the molecule is C#CCN(Cc1ccc(F)cc1)c1ccc(NC(=O)OC)c(OC)c1. The standard InChI is InChI=1S/C19H19FN2O3/c1-4-11-22(13-14-5-7-15(20)8-6-14)16-9-10-17(18(12-16)24-2)21-19(23)25-3/h1,5-10,12H,11,13H2,2-3H3,(H,21,23). The maximum absolute atomic E-state index is 13.1. The number of nitrogens with zero attached hydrogens (tertiary/aromatic N) is 1. The quantitative estimate of drug-likeness (QED) is 0.814. The molecule has 0 saturated heterocycles. The zero-order chi connectivity index (χ0) is 18.2. The second kappa shape index (κ2) is 8.60. The molecule has 0 aliphatic rings. The predicted octanol–water partition coefficient (Wildman–Crippen LogP) is 3.65. The molecule has 2 aromatic carbocycles. The summed E-state index contributed by atoms with van der Waals surface area (Å²) in [4.78, 5) is 13.3. The van der Waals surface area contributed by atoms with Crippen LogP contribution in [-0.2, 0) is 11.3 Å². The normalized spacial score (nSPS) is 9.84. The number of halogens is 1. The summed E-state index contributed by atoms with van der Waals surface area (Å²) < 4.78 is 23.0. The van der Waals surface area contributed by atoms with Crippen molar-refractivity contribution in [1.29, 1.82) is 0 Å². The highest BCUT2D eigenvalue weighted by Crippen LogP contribution is 2.30. The summed E-state index contributed by atoms with van der Waals surface area (Å²) in [5.41, 5.74) is 2.22. The van der Waals surface area contributed by atoms with Gasteiger partial charge in [0.1, 0.15) is 11.6 Å². The van der Waals surface area contributed by atoms with Gasteiger partial charge in [-0.2, -0.15) is 0 Å². The average Bonchev–Trinajstić information content (AvgIpc) is 2.63. The van der Waals surface area contributed by atoms with Crippen molar-refractivity contribution in [1.82, 2.24) is 0 Å². The van der Waals surface area contributed by atoms with Crippen LogP contribution in [0.2, 0.25) is 0 Å². The van der Waals surface area contributed by atoms with E-state index in [1.807, 2.05) is 11.0 Å². The van der Waals surface area contributed by atoms with Gasteiger partial charge in [-0.3, -0.25) is 5.32 Å². The zero-order valence-electron chi connectivity index (χ0n) is 14.1. The van der Waals surface area contributed by atoms with E-state index in [0.29, 0.717) is 24.5 Å². The van der Waals surface area contributed by atoms with Gasteiger partial charge < -0.3 is 14.4 Å². The van der Waals surface area contributed by atoms with Crippen LogP contribution in [0.25, 0.3) is 0 Å². The number of carbonyl (C=O) groups is 1. The Bertz CT molecular complexity index is 769. The topological polar surface area (TPSA) is 50.8 Å². The van der Waals surface area contributed by atoms with Crippen molar-refractivity contribution in [3.8, 4) is 18.1 Å². The average molecular weight is 342 g/mol. The van der Waals surface area contributed by atoms with Crippen LogP contribution >= 0.6 is 0 Å². The maximum atomic E-state index is 13.1. The van der Waals surface area contributed by atoms with Crippen molar-refractivity contribution in [2.75, 3.05) is 31.0 Å². The lowest BCUT2D eigenvalue weighted by Crippen LogP contribution is -2.23. The molecule has 0 aromatic heterocycles. The number of ether oxygens (including phenoxy) is 2. The Morgan fingerprint density at radius 2 is 1.96 bits per heavy atom. The summed E-state index contributed by atoms with van der Waals surface area (Å²) in [7, 11) is 2.79. The molecule has 5 nitrogen and oxygen atoms in total. The van der Waals surface area contributed by atoms with E-state index in [9.17, 15) is 9.18 Å². The summed E-state index contributed by atoms with van der Waals surface area (Å²) in [6.45, 7) is 0.877. The molecule has 0 saturated carbocycles. The number of anilines is 2. The molecule has 1 amide bonds. The third-order valence-corrected chi connectivity index (χ3v) is 3.54. The first-order chi connectivity index (χ1) is 12.1. The summed E-state index contributed by atoms with van der Waals surface area (Å²) >= 11 is 0. The largest absolute Gasteiger partial charge is 0.494 e. The fourth-order valence-electron chi connectivity index (χ4n) is 2.30. The number of hydrogen-bond acceptors (Lipinski definition) is 4. The van der Waals surface area contributed by atoms with Gasteiger partial charge in [-0.05, 0) is 29.8 Å². The van der Waals surface area contributed by atoms with Crippen LogP contribution in [0.1, 0.15) is 5.56 Å². The molecule has 1 N–H and O–H groups in total. The number of carbonyl (C=O) groups excluding carboxylic acids is 1. The van der Waals surface area contributed by atoms with E-state index >= 15 is 0 Å². The third kappa shape index (κ3) is 4.88. The Morgan fingerprint density at radius 1 is 1.24 bits per heavy atom. The van der Waals surface area contributed by atoms with Gasteiger partial charge in [-0.1, -0.05) is 18.1 Å². The maximum Gasteiger partial charge on any atom is 0.411 e. The number of terminal acetylenes is 1. The van der Waals surface area contributed by atoms with Gasteiger partial charge in [0, 0.05) is 18.3 Å². The lowest BCUT2D eigenvalue weighted by atomic mass is 10.1. The molecule has 0 atom stereocenters. The van der Waals surface area contributed by atoms with Crippen molar-refractivity contribution in [2.45, 2.75) is 6.54 Å². The third-order valence-electron chi connectivity index (χ3n) is 3.54. The Balaban J connectivity index is 2.26. The van der Waals surface area contributed by atoms with Gasteiger partial charge in [-0.15, -0.1) is 6.42 Å².